The molecule has 3 heterocycles. The van der Waals surface area contributed by atoms with E-state index in [4.69, 9.17) is 14.5 Å². The average molecular weight is 429 g/mol. The van der Waals surface area contributed by atoms with Crippen molar-refractivity contribution < 1.29 is 14.3 Å². The lowest BCUT2D eigenvalue weighted by atomic mass is 10.1. The molecule has 1 amide bonds. The highest BCUT2D eigenvalue weighted by Crippen LogP contribution is 2.37. The lowest BCUT2D eigenvalue weighted by Crippen LogP contribution is -2.48. The number of methoxy groups -OCH3 is 2. The Morgan fingerprint density at radius 3 is 2.60 bits per heavy atom. The van der Waals surface area contributed by atoms with Crippen LogP contribution in [0.25, 0.3) is 16.2 Å². The maximum atomic E-state index is 12.0. The molecule has 30 heavy (non-hydrogen) atoms. The number of imidazole rings is 1. The van der Waals surface area contributed by atoms with Gasteiger partial charge in [-0.05, 0) is 25.1 Å². The lowest BCUT2D eigenvalue weighted by molar-refractivity contribution is -0.132. The van der Waals surface area contributed by atoms with Gasteiger partial charge in [0.1, 0.15) is 11.5 Å². The monoisotopic (exact) mass is 428 g/mol. The van der Waals surface area contributed by atoms with Crippen LogP contribution in [-0.2, 0) is 11.3 Å². The lowest BCUT2D eigenvalue weighted by Gasteiger charge is -2.34. The van der Waals surface area contributed by atoms with Crippen LogP contribution in [0.4, 0.5) is 0 Å². The van der Waals surface area contributed by atoms with Gasteiger partial charge in [-0.2, -0.15) is 0 Å². The van der Waals surface area contributed by atoms with Crippen LogP contribution >= 0.6 is 11.3 Å². The van der Waals surface area contributed by atoms with Gasteiger partial charge in [-0.15, -0.1) is 11.3 Å². The molecule has 2 aromatic heterocycles. The summed E-state index contributed by atoms with van der Waals surface area (Å²) in [5.74, 6) is 1.78. The molecule has 0 aliphatic carbocycles. The molecule has 0 unspecified atom stereocenters. The van der Waals surface area contributed by atoms with Gasteiger partial charge in [0, 0.05) is 55.8 Å². The van der Waals surface area contributed by atoms with Crippen LogP contribution in [0.2, 0.25) is 0 Å². The molecule has 1 aliphatic heterocycles. The van der Waals surface area contributed by atoms with Crippen LogP contribution in [0.15, 0.2) is 24.4 Å². The summed E-state index contributed by atoms with van der Waals surface area (Å²) in [6.07, 6.45) is 2.71. The molecule has 0 atom stereocenters. The summed E-state index contributed by atoms with van der Waals surface area (Å²) < 4.78 is 13.3. The van der Waals surface area contributed by atoms with Crippen LogP contribution < -0.4 is 9.47 Å². The Hall–Kier alpha value is -2.58. The summed E-state index contributed by atoms with van der Waals surface area (Å²) in [7, 11) is 3.34. The Labute approximate surface area is 180 Å². The van der Waals surface area contributed by atoms with Crippen molar-refractivity contribution in [3.8, 4) is 22.8 Å². The van der Waals surface area contributed by atoms with Crippen molar-refractivity contribution >= 4 is 22.2 Å². The van der Waals surface area contributed by atoms with Crippen molar-refractivity contribution in [3.05, 3.63) is 35.0 Å². The van der Waals surface area contributed by atoms with Gasteiger partial charge in [0.2, 0.25) is 5.91 Å². The van der Waals surface area contributed by atoms with Gasteiger partial charge in [-0.3, -0.25) is 14.1 Å². The summed E-state index contributed by atoms with van der Waals surface area (Å²) in [5.41, 5.74) is 2.99. The molecule has 0 spiro atoms. The first-order chi connectivity index (χ1) is 14.5. The quantitative estimate of drug-likeness (QED) is 0.602. The second-order valence-corrected chi connectivity index (χ2v) is 8.69. The van der Waals surface area contributed by atoms with Crippen molar-refractivity contribution in [2.24, 2.45) is 0 Å². The van der Waals surface area contributed by atoms with E-state index >= 15 is 0 Å². The molecule has 3 aromatic rings. The number of benzene rings is 1. The predicted octanol–water partition coefficient (Wildman–Crippen LogP) is 3.44. The van der Waals surface area contributed by atoms with E-state index in [0.717, 1.165) is 66.1 Å². The number of hydrogen-bond acceptors (Lipinski definition) is 6. The highest BCUT2D eigenvalue weighted by Gasteiger charge is 2.25. The van der Waals surface area contributed by atoms with Crippen molar-refractivity contribution in [1.82, 2.24) is 19.2 Å². The minimum Gasteiger partial charge on any atom is -0.497 e. The van der Waals surface area contributed by atoms with E-state index in [9.17, 15) is 4.79 Å². The zero-order valence-electron chi connectivity index (χ0n) is 18.0. The van der Waals surface area contributed by atoms with Gasteiger partial charge >= 0.3 is 0 Å². The minimum absolute atomic E-state index is 0.233. The molecule has 1 saturated heterocycles. The Balaban J connectivity index is 1.69. The van der Waals surface area contributed by atoms with Gasteiger partial charge in [0.25, 0.3) is 0 Å². The largest absolute Gasteiger partial charge is 0.497 e. The Morgan fingerprint density at radius 1 is 1.17 bits per heavy atom. The predicted molar refractivity (Wildman–Crippen MR) is 118 cm³/mol. The van der Waals surface area contributed by atoms with Gasteiger partial charge < -0.3 is 14.4 Å². The SMILES string of the molecule is CCC(=O)N1CCN(Cc2c(-c3cc(OC)ccc3OC)nc3sc(C)cn23)CC1. The number of fused-ring (bicyclic) bond motifs is 1. The van der Waals surface area contributed by atoms with Crippen LogP contribution in [0.3, 0.4) is 0 Å². The summed E-state index contributed by atoms with van der Waals surface area (Å²) in [5, 5.41) is 0. The number of nitrogens with zero attached hydrogens (tertiary/aromatic N) is 4. The second-order valence-electron chi connectivity index (χ2n) is 7.48. The van der Waals surface area contributed by atoms with Crippen LogP contribution in [0, 0.1) is 6.92 Å². The molecule has 0 bridgehead atoms. The molecular weight excluding hydrogens is 400 g/mol. The molecule has 8 heteroatoms. The van der Waals surface area contributed by atoms with E-state index in [0.29, 0.717) is 6.42 Å². The molecular formula is C22H28N4O3S. The van der Waals surface area contributed by atoms with Crippen LogP contribution in [0.1, 0.15) is 23.9 Å². The van der Waals surface area contributed by atoms with E-state index in [2.05, 4.69) is 22.4 Å². The third-order valence-electron chi connectivity index (χ3n) is 5.60. The molecule has 0 radical (unpaired) electrons. The first-order valence-corrected chi connectivity index (χ1v) is 11.1. The fourth-order valence-corrected chi connectivity index (χ4v) is 4.80. The smallest absolute Gasteiger partial charge is 0.222 e. The van der Waals surface area contributed by atoms with Crippen LogP contribution in [0.5, 0.6) is 11.5 Å². The number of carbonyl (C=O) groups is 1. The summed E-state index contributed by atoms with van der Waals surface area (Å²) in [4.78, 5) is 23.5. The standard InChI is InChI=1S/C22H28N4O3S/c1-5-20(27)25-10-8-24(9-11-25)14-18-21(23-22-26(18)13-15(2)30-22)17-12-16(28-3)6-7-19(17)29-4/h6-7,12-13H,5,8-11,14H2,1-4H3. The number of thiazole rings is 1. The molecule has 1 fully saturated rings. The second kappa shape index (κ2) is 8.65. The Morgan fingerprint density at radius 2 is 1.93 bits per heavy atom. The summed E-state index contributed by atoms with van der Waals surface area (Å²) in [6, 6.07) is 5.81. The average Bonchev–Trinajstić information content (AvgIpc) is 3.29. The van der Waals surface area contributed by atoms with E-state index < -0.39 is 0 Å². The third kappa shape index (κ3) is 3.89. The van der Waals surface area contributed by atoms with Gasteiger partial charge in [-0.25, -0.2) is 4.98 Å². The third-order valence-corrected chi connectivity index (χ3v) is 6.50. The Bertz CT molecular complexity index is 1050. The fraction of sp³-hybridized carbons (Fsp3) is 0.455. The fourth-order valence-electron chi connectivity index (χ4n) is 3.96. The maximum absolute atomic E-state index is 12.0. The number of piperazine rings is 1. The minimum atomic E-state index is 0.233. The van der Waals surface area contributed by atoms with Crippen molar-refractivity contribution in [1.29, 1.82) is 0 Å². The molecule has 0 saturated carbocycles. The first-order valence-electron chi connectivity index (χ1n) is 10.2. The molecule has 160 valence electrons. The first kappa shape index (κ1) is 20.7. The van der Waals surface area contributed by atoms with E-state index in [-0.39, 0.29) is 5.91 Å². The Kier molecular flexibility index (Phi) is 5.97. The number of hydrogen-bond donors (Lipinski definition) is 0. The molecule has 1 aliphatic rings. The zero-order chi connectivity index (χ0) is 21.3. The highest BCUT2D eigenvalue weighted by molar-refractivity contribution is 7.17. The maximum Gasteiger partial charge on any atom is 0.222 e. The summed E-state index contributed by atoms with van der Waals surface area (Å²) >= 11 is 1.68. The van der Waals surface area contributed by atoms with Gasteiger partial charge in [0.15, 0.2) is 4.96 Å². The summed E-state index contributed by atoms with van der Waals surface area (Å²) in [6.45, 7) is 8.05. The van der Waals surface area contributed by atoms with Crippen molar-refractivity contribution in [2.75, 3.05) is 40.4 Å². The molecule has 7 nitrogen and oxygen atoms in total. The number of aryl methyl sites for hydroxylation is 1. The number of ether oxygens (including phenoxy) is 2. The number of amides is 1. The normalized spacial score (nSPS) is 15.0. The van der Waals surface area contributed by atoms with E-state index in [1.807, 2.05) is 30.0 Å². The van der Waals surface area contributed by atoms with Crippen molar-refractivity contribution in [2.45, 2.75) is 26.8 Å². The molecule has 1 aromatic carbocycles. The van der Waals surface area contributed by atoms with Gasteiger partial charge in [-0.1, -0.05) is 6.92 Å². The van der Waals surface area contributed by atoms with Crippen molar-refractivity contribution in [3.63, 3.8) is 0 Å². The number of carbonyl (C=O) groups excluding carboxylic acids is 1. The number of rotatable bonds is 6. The highest BCUT2D eigenvalue weighted by atomic mass is 32.1. The molecule has 4 rings (SSSR count). The van der Waals surface area contributed by atoms with E-state index in [1.54, 1.807) is 25.6 Å². The van der Waals surface area contributed by atoms with E-state index in [1.165, 1.54) is 4.88 Å². The molecule has 0 N–H and O–H groups in total. The zero-order valence-corrected chi connectivity index (χ0v) is 18.8. The topological polar surface area (TPSA) is 59.3 Å². The van der Waals surface area contributed by atoms with Gasteiger partial charge in [0.05, 0.1) is 25.6 Å². The number of aromatic nitrogens is 2. The van der Waals surface area contributed by atoms with Crippen LogP contribution in [-0.4, -0.2) is 65.5 Å².